The fourth-order valence-electron chi connectivity index (χ4n) is 1.47. The molecule has 86 valence electrons. The third-order valence-corrected chi connectivity index (χ3v) is 2.38. The van der Waals surface area contributed by atoms with Gasteiger partial charge in [-0.25, -0.2) is 0 Å². The van der Waals surface area contributed by atoms with Gasteiger partial charge >= 0.3 is 0 Å². The molecule has 3 nitrogen and oxygen atoms in total. The van der Waals surface area contributed by atoms with Crippen molar-refractivity contribution < 1.29 is 0 Å². The normalized spacial score (nSPS) is 11.1. The number of hydrogen-bond acceptors (Lipinski definition) is 3. The van der Waals surface area contributed by atoms with Crippen molar-refractivity contribution in [3.05, 3.63) is 0 Å². The molecule has 0 aromatic rings. The molecule has 0 amide bonds. The van der Waals surface area contributed by atoms with Crippen molar-refractivity contribution >= 4 is 0 Å². The van der Waals surface area contributed by atoms with Gasteiger partial charge in [0.1, 0.15) is 0 Å². The highest BCUT2D eigenvalue weighted by atomic mass is 15.1. The van der Waals surface area contributed by atoms with Gasteiger partial charge in [-0.05, 0) is 58.5 Å². The molecule has 0 fully saturated rings. The summed E-state index contributed by atoms with van der Waals surface area (Å²) >= 11 is 0. The Bertz CT molecular complexity index is 107. The molecule has 0 spiro atoms. The van der Waals surface area contributed by atoms with Gasteiger partial charge in [0.25, 0.3) is 0 Å². The number of hydrogen-bond donors (Lipinski definition) is 2. The molecule has 0 atom stereocenters. The van der Waals surface area contributed by atoms with Crippen molar-refractivity contribution in [2.24, 2.45) is 5.73 Å². The van der Waals surface area contributed by atoms with Crippen LogP contribution in [0.3, 0.4) is 0 Å². The molecule has 0 aliphatic carbocycles. The summed E-state index contributed by atoms with van der Waals surface area (Å²) in [5.41, 5.74) is 5.49. The minimum absolute atomic E-state index is 0.810. The van der Waals surface area contributed by atoms with Gasteiger partial charge in [0.2, 0.25) is 0 Å². The molecule has 0 unspecified atom stereocenters. The van der Waals surface area contributed by atoms with E-state index in [1.54, 1.807) is 0 Å². The Morgan fingerprint density at radius 3 is 2.36 bits per heavy atom. The Kier molecular flexibility index (Phi) is 10.9. The zero-order chi connectivity index (χ0) is 10.6. The van der Waals surface area contributed by atoms with E-state index in [4.69, 9.17) is 5.73 Å². The number of nitrogens with two attached hydrogens (primary N) is 1. The Hall–Kier alpha value is -0.120. The zero-order valence-corrected chi connectivity index (χ0v) is 9.89. The Labute approximate surface area is 89.0 Å². The van der Waals surface area contributed by atoms with E-state index in [-0.39, 0.29) is 0 Å². The van der Waals surface area contributed by atoms with E-state index in [9.17, 15) is 0 Å². The van der Waals surface area contributed by atoms with Crippen LogP contribution >= 0.6 is 0 Å². The number of nitrogens with zero attached hydrogens (tertiary/aromatic N) is 1. The van der Waals surface area contributed by atoms with Gasteiger partial charge in [-0.3, -0.25) is 0 Å². The summed E-state index contributed by atoms with van der Waals surface area (Å²) in [6.07, 6.45) is 3.60. The van der Waals surface area contributed by atoms with Crippen molar-refractivity contribution in [2.45, 2.75) is 33.1 Å². The van der Waals surface area contributed by atoms with Crippen LogP contribution in [0.15, 0.2) is 0 Å². The molecule has 0 bridgehead atoms. The van der Waals surface area contributed by atoms with Crippen LogP contribution in [0.2, 0.25) is 0 Å². The highest BCUT2D eigenvalue weighted by molar-refractivity contribution is 4.57. The smallest absolute Gasteiger partial charge is 0.000675 e. The maximum atomic E-state index is 5.49. The number of nitrogens with one attached hydrogen (secondary N) is 1. The van der Waals surface area contributed by atoms with E-state index < -0.39 is 0 Å². The van der Waals surface area contributed by atoms with Gasteiger partial charge in [-0.1, -0.05) is 13.8 Å². The van der Waals surface area contributed by atoms with Crippen LogP contribution in [0, 0.1) is 0 Å². The average Bonchev–Trinajstić information content (AvgIpc) is 2.22. The number of rotatable bonds is 10. The Morgan fingerprint density at radius 2 is 1.79 bits per heavy atom. The van der Waals surface area contributed by atoms with Crippen molar-refractivity contribution in [1.82, 2.24) is 10.2 Å². The highest BCUT2D eigenvalue weighted by Crippen LogP contribution is 1.92. The van der Waals surface area contributed by atoms with Crippen LogP contribution in [0.4, 0.5) is 0 Å². The van der Waals surface area contributed by atoms with Crippen LogP contribution in [-0.4, -0.2) is 44.2 Å². The molecule has 0 aromatic heterocycles. The van der Waals surface area contributed by atoms with E-state index in [1.165, 1.54) is 19.4 Å². The van der Waals surface area contributed by atoms with Crippen molar-refractivity contribution in [2.75, 3.05) is 39.3 Å². The summed E-state index contributed by atoms with van der Waals surface area (Å²) in [5, 5.41) is 3.42. The van der Waals surface area contributed by atoms with Crippen molar-refractivity contribution in [3.8, 4) is 0 Å². The van der Waals surface area contributed by atoms with Crippen LogP contribution in [0.5, 0.6) is 0 Å². The molecule has 3 N–H and O–H groups in total. The lowest BCUT2D eigenvalue weighted by molar-refractivity contribution is 0.281. The topological polar surface area (TPSA) is 41.3 Å². The summed E-state index contributed by atoms with van der Waals surface area (Å²) in [6, 6.07) is 0. The molecule has 0 heterocycles. The van der Waals surface area contributed by atoms with Gasteiger partial charge in [0.15, 0.2) is 0 Å². The third kappa shape index (κ3) is 8.48. The monoisotopic (exact) mass is 201 g/mol. The Balaban J connectivity index is 3.24. The van der Waals surface area contributed by atoms with Crippen molar-refractivity contribution in [3.63, 3.8) is 0 Å². The van der Waals surface area contributed by atoms with E-state index in [1.807, 2.05) is 0 Å². The summed E-state index contributed by atoms with van der Waals surface area (Å²) in [7, 11) is 0. The van der Waals surface area contributed by atoms with Crippen LogP contribution < -0.4 is 11.1 Å². The molecule has 0 aromatic carbocycles. The first-order valence-electron chi connectivity index (χ1n) is 5.98. The maximum Gasteiger partial charge on any atom is -0.000675 e. The van der Waals surface area contributed by atoms with Crippen LogP contribution in [0.25, 0.3) is 0 Å². The summed E-state index contributed by atoms with van der Waals surface area (Å²) in [5.74, 6) is 0. The average molecular weight is 201 g/mol. The zero-order valence-electron chi connectivity index (χ0n) is 9.89. The van der Waals surface area contributed by atoms with E-state index in [0.29, 0.717) is 0 Å². The minimum Gasteiger partial charge on any atom is -0.330 e. The molecular weight excluding hydrogens is 174 g/mol. The lowest BCUT2D eigenvalue weighted by Crippen LogP contribution is -2.29. The predicted octanol–water partition coefficient (Wildman–Crippen LogP) is 1.05. The lowest BCUT2D eigenvalue weighted by atomic mass is 10.3. The highest BCUT2D eigenvalue weighted by Gasteiger charge is 1.99. The van der Waals surface area contributed by atoms with Gasteiger partial charge in [-0.2, -0.15) is 0 Å². The van der Waals surface area contributed by atoms with Gasteiger partial charge in [-0.15, -0.1) is 0 Å². The van der Waals surface area contributed by atoms with Crippen molar-refractivity contribution in [1.29, 1.82) is 0 Å². The molecule has 14 heavy (non-hydrogen) atoms. The fourth-order valence-corrected chi connectivity index (χ4v) is 1.47. The second-order valence-electron chi connectivity index (χ2n) is 3.68. The van der Waals surface area contributed by atoms with Crippen LogP contribution in [-0.2, 0) is 0 Å². The van der Waals surface area contributed by atoms with Gasteiger partial charge in [0.05, 0.1) is 0 Å². The standard InChI is InChI=1S/C11H27N3/c1-3-8-13-9-6-11-14(4-2)10-5-7-12/h13H,3-12H2,1-2H3. The second-order valence-corrected chi connectivity index (χ2v) is 3.68. The molecule has 0 saturated heterocycles. The fraction of sp³-hybridized carbons (Fsp3) is 1.00. The molecule has 0 aliphatic heterocycles. The quantitative estimate of drug-likeness (QED) is 0.519. The largest absolute Gasteiger partial charge is 0.330 e. The lowest BCUT2D eigenvalue weighted by Gasteiger charge is -2.19. The summed E-state index contributed by atoms with van der Waals surface area (Å²) < 4.78 is 0. The molecule has 0 aliphatic rings. The summed E-state index contributed by atoms with van der Waals surface area (Å²) in [6.45, 7) is 11.0. The molecule has 0 radical (unpaired) electrons. The predicted molar refractivity (Wildman–Crippen MR) is 63.6 cm³/mol. The van der Waals surface area contributed by atoms with E-state index in [0.717, 1.165) is 39.1 Å². The third-order valence-electron chi connectivity index (χ3n) is 2.38. The first-order chi connectivity index (χ1) is 6.85. The molecule has 0 saturated carbocycles. The van der Waals surface area contributed by atoms with Gasteiger partial charge in [0, 0.05) is 0 Å². The summed E-state index contributed by atoms with van der Waals surface area (Å²) in [4.78, 5) is 2.47. The van der Waals surface area contributed by atoms with E-state index in [2.05, 4.69) is 24.1 Å². The van der Waals surface area contributed by atoms with Crippen LogP contribution in [0.1, 0.15) is 33.1 Å². The molecule has 0 rings (SSSR count). The van der Waals surface area contributed by atoms with Gasteiger partial charge < -0.3 is 16.0 Å². The minimum atomic E-state index is 0.810. The maximum absolute atomic E-state index is 5.49. The molecule has 3 heteroatoms. The second kappa shape index (κ2) is 11.0. The first-order valence-corrected chi connectivity index (χ1v) is 5.98. The Morgan fingerprint density at radius 1 is 1.07 bits per heavy atom. The SMILES string of the molecule is CCCNCCCN(CC)CCCN. The van der Waals surface area contributed by atoms with E-state index >= 15 is 0 Å². The molecular formula is C11H27N3. The first kappa shape index (κ1) is 13.9.